The molecule has 0 fully saturated rings. The van der Waals surface area contributed by atoms with E-state index < -0.39 is 0 Å². The molecule has 2 aromatic carbocycles. The van der Waals surface area contributed by atoms with Crippen LogP contribution in [0.4, 0.5) is 0 Å². The molecule has 0 bridgehead atoms. The van der Waals surface area contributed by atoms with Crippen molar-refractivity contribution >= 4 is 0 Å². The molecule has 100 valence electrons. The summed E-state index contributed by atoms with van der Waals surface area (Å²) >= 11 is 0. The van der Waals surface area contributed by atoms with E-state index in [0.29, 0.717) is 12.4 Å². The molecule has 2 N–H and O–H groups in total. The topological polar surface area (TPSA) is 58.9 Å². The Morgan fingerprint density at radius 1 is 0.684 bits per heavy atom. The molecule has 0 saturated carbocycles. The maximum atomic E-state index is 8.68. The van der Waals surface area contributed by atoms with Gasteiger partial charge in [0.05, 0.1) is 6.61 Å². The normalized spacial score (nSPS) is 10.2. The van der Waals surface area contributed by atoms with Gasteiger partial charge in [-0.15, -0.1) is 0 Å². The Labute approximate surface area is 111 Å². The summed E-state index contributed by atoms with van der Waals surface area (Å²) in [4.78, 5) is 0. The molecule has 19 heavy (non-hydrogen) atoms. The van der Waals surface area contributed by atoms with E-state index in [1.54, 1.807) is 0 Å². The summed E-state index contributed by atoms with van der Waals surface area (Å²) in [5, 5.41) is 17.3. The van der Waals surface area contributed by atoms with Crippen LogP contribution < -0.4 is 9.47 Å². The first-order valence-electron chi connectivity index (χ1n) is 6.01. The minimum absolute atomic E-state index is 0.00801. The number of aliphatic hydroxyl groups excluding tert-OH is 2. The van der Waals surface area contributed by atoms with Gasteiger partial charge in [0.1, 0.15) is 18.1 Å². The zero-order valence-corrected chi connectivity index (χ0v) is 10.5. The van der Waals surface area contributed by atoms with Crippen LogP contribution in [-0.4, -0.2) is 30.2 Å². The molecule has 0 spiro atoms. The molecule has 0 saturated heterocycles. The third-order valence-electron chi connectivity index (χ3n) is 2.63. The molecule has 0 aliphatic carbocycles. The molecule has 0 heterocycles. The summed E-state index contributed by atoms with van der Waals surface area (Å²) in [5.41, 5.74) is 2.12. The van der Waals surface area contributed by atoms with Crippen molar-refractivity contribution < 1.29 is 19.7 Å². The van der Waals surface area contributed by atoms with Gasteiger partial charge in [0.25, 0.3) is 0 Å². The first-order valence-corrected chi connectivity index (χ1v) is 6.01. The minimum atomic E-state index is -0.323. The van der Waals surface area contributed by atoms with Crippen LogP contribution >= 0.6 is 0 Å². The van der Waals surface area contributed by atoms with Crippen molar-refractivity contribution in [1.29, 1.82) is 0 Å². The Kier molecular flexibility index (Phi) is 4.78. The van der Waals surface area contributed by atoms with E-state index in [-0.39, 0.29) is 13.4 Å². The number of benzene rings is 2. The average Bonchev–Trinajstić information content (AvgIpc) is 2.47. The zero-order valence-electron chi connectivity index (χ0n) is 10.5. The summed E-state index contributed by atoms with van der Waals surface area (Å²) in [6, 6.07) is 15.1. The highest BCUT2D eigenvalue weighted by atomic mass is 16.6. The van der Waals surface area contributed by atoms with Crippen molar-refractivity contribution in [3.8, 4) is 22.6 Å². The van der Waals surface area contributed by atoms with E-state index >= 15 is 0 Å². The highest BCUT2D eigenvalue weighted by molar-refractivity contribution is 5.64. The molecule has 0 aliphatic heterocycles. The molecule has 2 rings (SSSR count). The lowest BCUT2D eigenvalue weighted by Crippen LogP contribution is -2.01. The standard InChI is InChI=1S/C15H16O4/c16-9-10-18-14-5-1-12(2-6-14)13-3-7-15(8-4-13)19-11-17/h1-8,16-17H,9-11H2. The van der Waals surface area contributed by atoms with Gasteiger partial charge in [-0.2, -0.15) is 0 Å². The Bertz CT molecular complexity index is 491. The maximum Gasteiger partial charge on any atom is 0.186 e. The van der Waals surface area contributed by atoms with Gasteiger partial charge in [-0.25, -0.2) is 0 Å². The van der Waals surface area contributed by atoms with Gasteiger partial charge in [0, 0.05) is 0 Å². The lowest BCUT2D eigenvalue weighted by Gasteiger charge is -2.07. The molecule has 0 amide bonds. The van der Waals surface area contributed by atoms with Crippen LogP contribution in [0.1, 0.15) is 0 Å². The van der Waals surface area contributed by atoms with E-state index in [1.165, 1.54) is 0 Å². The third-order valence-corrected chi connectivity index (χ3v) is 2.63. The van der Waals surface area contributed by atoms with Crippen molar-refractivity contribution in [2.45, 2.75) is 0 Å². The van der Waals surface area contributed by atoms with Gasteiger partial charge in [0.15, 0.2) is 6.79 Å². The van der Waals surface area contributed by atoms with Gasteiger partial charge >= 0.3 is 0 Å². The summed E-state index contributed by atoms with van der Waals surface area (Å²) in [6.07, 6.45) is 0. The second-order valence-corrected chi connectivity index (χ2v) is 3.89. The van der Waals surface area contributed by atoms with Gasteiger partial charge in [-0.1, -0.05) is 24.3 Å². The van der Waals surface area contributed by atoms with Crippen LogP contribution in [0.5, 0.6) is 11.5 Å². The molecule has 0 unspecified atom stereocenters. The molecule has 0 aliphatic rings. The number of hydrogen-bond donors (Lipinski definition) is 2. The van der Waals surface area contributed by atoms with Crippen molar-refractivity contribution in [2.75, 3.05) is 20.0 Å². The average molecular weight is 260 g/mol. The van der Waals surface area contributed by atoms with E-state index in [4.69, 9.17) is 19.7 Å². The van der Waals surface area contributed by atoms with Crippen molar-refractivity contribution in [1.82, 2.24) is 0 Å². The molecule has 0 aromatic heterocycles. The van der Waals surface area contributed by atoms with Crippen LogP contribution in [-0.2, 0) is 0 Å². The molecule has 4 heteroatoms. The molecule has 0 atom stereocenters. The lowest BCUT2D eigenvalue weighted by atomic mass is 10.1. The van der Waals surface area contributed by atoms with Crippen LogP contribution in [0, 0.1) is 0 Å². The first kappa shape index (κ1) is 13.4. The molecule has 0 radical (unpaired) electrons. The van der Waals surface area contributed by atoms with Gasteiger partial charge < -0.3 is 19.7 Å². The summed E-state index contributed by atoms with van der Waals surface area (Å²) in [6.45, 7) is -0.0170. The predicted octanol–water partition coefficient (Wildman–Crippen LogP) is 2.05. The number of rotatable bonds is 6. The number of aliphatic hydroxyl groups is 2. The lowest BCUT2D eigenvalue weighted by molar-refractivity contribution is 0.0985. The second kappa shape index (κ2) is 6.78. The summed E-state index contributed by atoms with van der Waals surface area (Å²) in [5.74, 6) is 1.37. The molecular weight excluding hydrogens is 244 g/mol. The molecular formula is C15H16O4. The predicted molar refractivity (Wildman–Crippen MR) is 72.2 cm³/mol. The Hall–Kier alpha value is -2.04. The summed E-state index contributed by atoms with van der Waals surface area (Å²) < 4.78 is 10.3. The van der Waals surface area contributed by atoms with Crippen molar-refractivity contribution in [2.24, 2.45) is 0 Å². The fraction of sp³-hybridized carbons (Fsp3) is 0.200. The van der Waals surface area contributed by atoms with Crippen LogP contribution in [0.3, 0.4) is 0 Å². The van der Waals surface area contributed by atoms with Crippen LogP contribution in [0.2, 0.25) is 0 Å². The minimum Gasteiger partial charge on any atom is -0.491 e. The first-order chi connectivity index (χ1) is 9.33. The maximum absolute atomic E-state index is 8.68. The fourth-order valence-corrected chi connectivity index (χ4v) is 1.73. The van der Waals surface area contributed by atoms with Gasteiger partial charge in [-0.3, -0.25) is 0 Å². The van der Waals surface area contributed by atoms with E-state index in [1.807, 2.05) is 48.5 Å². The Balaban J connectivity index is 2.08. The quantitative estimate of drug-likeness (QED) is 0.780. The SMILES string of the molecule is OCCOc1ccc(-c2ccc(OCO)cc2)cc1. The van der Waals surface area contributed by atoms with E-state index in [2.05, 4.69) is 0 Å². The van der Waals surface area contributed by atoms with Crippen molar-refractivity contribution in [3.05, 3.63) is 48.5 Å². The number of ether oxygens (including phenoxy) is 2. The van der Waals surface area contributed by atoms with Gasteiger partial charge in [-0.05, 0) is 35.4 Å². The molecule has 4 nitrogen and oxygen atoms in total. The largest absolute Gasteiger partial charge is 0.491 e. The Morgan fingerprint density at radius 2 is 1.16 bits per heavy atom. The third kappa shape index (κ3) is 3.71. The van der Waals surface area contributed by atoms with Gasteiger partial charge in [0.2, 0.25) is 0 Å². The number of hydrogen-bond acceptors (Lipinski definition) is 4. The van der Waals surface area contributed by atoms with E-state index in [9.17, 15) is 0 Å². The van der Waals surface area contributed by atoms with Crippen molar-refractivity contribution in [3.63, 3.8) is 0 Å². The monoisotopic (exact) mass is 260 g/mol. The van der Waals surface area contributed by atoms with Crippen LogP contribution in [0.15, 0.2) is 48.5 Å². The highest BCUT2D eigenvalue weighted by Gasteiger charge is 2.00. The summed E-state index contributed by atoms with van der Waals surface area (Å²) in [7, 11) is 0. The fourth-order valence-electron chi connectivity index (χ4n) is 1.73. The molecule has 2 aromatic rings. The second-order valence-electron chi connectivity index (χ2n) is 3.89. The van der Waals surface area contributed by atoms with E-state index in [0.717, 1.165) is 16.9 Å². The Morgan fingerprint density at radius 3 is 1.58 bits per heavy atom. The highest BCUT2D eigenvalue weighted by Crippen LogP contribution is 2.24. The zero-order chi connectivity index (χ0) is 13.5. The smallest absolute Gasteiger partial charge is 0.186 e. The van der Waals surface area contributed by atoms with Crippen LogP contribution in [0.25, 0.3) is 11.1 Å².